The molecule has 3 amide bonds. The van der Waals surface area contributed by atoms with Crippen LogP contribution in [-0.2, 0) is 14.3 Å². The number of benzene rings is 1. The van der Waals surface area contributed by atoms with E-state index in [0.29, 0.717) is 25.2 Å². The van der Waals surface area contributed by atoms with Gasteiger partial charge in [0.1, 0.15) is 11.8 Å². The predicted molar refractivity (Wildman–Crippen MR) is 141 cm³/mol. The van der Waals surface area contributed by atoms with Crippen LogP contribution in [0, 0.1) is 17.6 Å². The number of anilines is 1. The zero-order valence-corrected chi connectivity index (χ0v) is 22.3. The first-order valence-electron chi connectivity index (χ1n) is 13.2. The summed E-state index contributed by atoms with van der Waals surface area (Å²) in [7, 11) is 1.29. The van der Waals surface area contributed by atoms with Gasteiger partial charge in [0.2, 0.25) is 11.7 Å². The summed E-state index contributed by atoms with van der Waals surface area (Å²) in [6.07, 6.45) is 7.99. The minimum absolute atomic E-state index is 0.0694. The van der Waals surface area contributed by atoms with Gasteiger partial charge in [0.05, 0.1) is 13.2 Å². The molecular formula is C28H36F2N4O5. The van der Waals surface area contributed by atoms with E-state index in [1.807, 2.05) is 6.92 Å². The van der Waals surface area contributed by atoms with Gasteiger partial charge in [0.25, 0.3) is 11.8 Å². The van der Waals surface area contributed by atoms with Gasteiger partial charge < -0.3 is 25.4 Å². The Bertz CT molecular complexity index is 1130. The summed E-state index contributed by atoms with van der Waals surface area (Å²) in [6, 6.07) is 6.96. The van der Waals surface area contributed by atoms with E-state index in [1.165, 1.54) is 37.9 Å². The van der Waals surface area contributed by atoms with Crippen LogP contribution in [0.4, 0.5) is 14.5 Å². The lowest BCUT2D eigenvalue weighted by Crippen LogP contribution is -2.38. The summed E-state index contributed by atoms with van der Waals surface area (Å²) in [5, 5.41) is 8.41. The number of aromatic nitrogens is 1. The monoisotopic (exact) mass is 546 g/mol. The fourth-order valence-corrected chi connectivity index (χ4v) is 4.45. The number of carbonyl (C=O) groups is 3. The largest absolute Gasteiger partial charge is 0.494 e. The highest BCUT2D eigenvalue weighted by Crippen LogP contribution is 2.23. The minimum atomic E-state index is -0.940. The van der Waals surface area contributed by atoms with Crippen LogP contribution in [0.1, 0.15) is 62.4 Å². The number of nitrogens with one attached hydrogen (secondary N) is 3. The molecule has 9 nitrogen and oxygen atoms in total. The lowest BCUT2D eigenvalue weighted by Gasteiger charge is -2.20. The van der Waals surface area contributed by atoms with Crippen molar-refractivity contribution in [2.24, 2.45) is 5.92 Å². The molecule has 0 bridgehead atoms. The van der Waals surface area contributed by atoms with Gasteiger partial charge in [-0.15, -0.1) is 0 Å². The molecule has 1 saturated heterocycles. The molecule has 1 saturated carbocycles. The summed E-state index contributed by atoms with van der Waals surface area (Å²) in [5.74, 6) is -2.28. The number of halogens is 2. The molecule has 212 valence electrons. The smallest absolute Gasteiger partial charge is 0.270 e. The highest BCUT2D eigenvalue weighted by Gasteiger charge is 2.28. The third kappa shape index (κ3) is 9.27. The number of pyridine rings is 1. The Morgan fingerprint density at radius 3 is 2.41 bits per heavy atom. The lowest BCUT2D eigenvalue weighted by atomic mass is 9.89. The minimum Gasteiger partial charge on any atom is -0.494 e. The van der Waals surface area contributed by atoms with Gasteiger partial charge in [-0.05, 0) is 56.9 Å². The van der Waals surface area contributed by atoms with Crippen molar-refractivity contribution in [3.8, 4) is 5.75 Å². The van der Waals surface area contributed by atoms with E-state index in [2.05, 4.69) is 25.7 Å². The Balaban J connectivity index is 0.000000353. The summed E-state index contributed by atoms with van der Waals surface area (Å²) in [5.41, 5.74) is 0.714. The second-order valence-corrected chi connectivity index (χ2v) is 9.57. The summed E-state index contributed by atoms with van der Waals surface area (Å²) >= 11 is 0. The number of methoxy groups -OCH3 is 1. The molecule has 1 aromatic carbocycles. The van der Waals surface area contributed by atoms with Crippen molar-refractivity contribution >= 4 is 23.4 Å². The summed E-state index contributed by atoms with van der Waals surface area (Å²) in [4.78, 5) is 40.7. The molecule has 2 atom stereocenters. The SMILES string of the molecule is COc1cccc(F)c1F.C[C@@H]1CCC(C(=O)Nc2ccnc(C(=O)NCCNC(=O)C3CCCCC3)c2)O1. The summed E-state index contributed by atoms with van der Waals surface area (Å²) in [6.45, 7) is 2.65. The number of hydrogen-bond donors (Lipinski definition) is 3. The first-order chi connectivity index (χ1) is 18.8. The molecule has 1 aliphatic carbocycles. The van der Waals surface area contributed by atoms with E-state index < -0.39 is 17.7 Å². The van der Waals surface area contributed by atoms with Crippen LogP contribution in [0.2, 0.25) is 0 Å². The summed E-state index contributed by atoms with van der Waals surface area (Å²) < 4.78 is 34.9. The molecule has 2 heterocycles. The van der Waals surface area contributed by atoms with Crippen molar-refractivity contribution in [2.75, 3.05) is 25.5 Å². The number of hydrogen-bond acceptors (Lipinski definition) is 6. The van der Waals surface area contributed by atoms with Crippen molar-refractivity contribution in [1.29, 1.82) is 0 Å². The highest BCUT2D eigenvalue weighted by molar-refractivity contribution is 5.97. The Kier molecular flexibility index (Phi) is 11.6. The standard InChI is InChI=1S/C21H30N4O4.C7H6F2O/c1-14-7-8-18(29-14)21(28)25-16-9-10-22-17(13-16)20(27)24-12-11-23-19(26)15-5-3-2-4-6-15;1-10-6-4-2-3-5(8)7(6)9/h9-10,13-15,18H,2-8,11-12H2,1H3,(H,23,26)(H,24,27)(H,22,25,28);2-4H,1H3/t14-,18?;/m1./s1. The quantitative estimate of drug-likeness (QED) is 0.431. The van der Waals surface area contributed by atoms with Gasteiger partial charge in [-0.1, -0.05) is 25.3 Å². The molecule has 1 unspecified atom stereocenters. The van der Waals surface area contributed by atoms with Gasteiger partial charge >= 0.3 is 0 Å². The van der Waals surface area contributed by atoms with Crippen LogP contribution in [0.25, 0.3) is 0 Å². The van der Waals surface area contributed by atoms with Crippen LogP contribution in [-0.4, -0.2) is 55.1 Å². The van der Waals surface area contributed by atoms with E-state index in [9.17, 15) is 23.2 Å². The second-order valence-electron chi connectivity index (χ2n) is 9.57. The molecule has 3 N–H and O–H groups in total. The average Bonchev–Trinajstić information content (AvgIpc) is 3.40. The lowest BCUT2D eigenvalue weighted by molar-refractivity contribution is -0.126. The Labute approximate surface area is 227 Å². The van der Waals surface area contributed by atoms with Crippen LogP contribution in [0.15, 0.2) is 36.5 Å². The number of rotatable bonds is 8. The van der Waals surface area contributed by atoms with Gasteiger partial charge in [0, 0.05) is 30.9 Å². The molecule has 39 heavy (non-hydrogen) atoms. The van der Waals surface area contributed by atoms with E-state index in [-0.39, 0.29) is 41.2 Å². The van der Waals surface area contributed by atoms with Gasteiger partial charge in [-0.3, -0.25) is 19.4 Å². The Hall–Kier alpha value is -3.60. The third-order valence-electron chi connectivity index (χ3n) is 6.61. The molecular weight excluding hydrogens is 510 g/mol. The topological polar surface area (TPSA) is 119 Å². The molecule has 2 aromatic rings. The van der Waals surface area contributed by atoms with E-state index >= 15 is 0 Å². The highest BCUT2D eigenvalue weighted by atomic mass is 19.2. The molecule has 2 aliphatic rings. The van der Waals surface area contributed by atoms with Crippen molar-refractivity contribution in [3.05, 3.63) is 53.9 Å². The van der Waals surface area contributed by atoms with E-state index in [1.54, 1.807) is 6.07 Å². The molecule has 4 rings (SSSR count). The average molecular weight is 547 g/mol. The molecule has 1 aromatic heterocycles. The predicted octanol–water partition coefficient (Wildman–Crippen LogP) is 3.99. The molecule has 1 aliphatic heterocycles. The van der Waals surface area contributed by atoms with Crippen molar-refractivity contribution in [1.82, 2.24) is 15.6 Å². The molecule has 0 radical (unpaired) electrons. The van der Waals surface area contributed by atoms with Crippen LogP contribution >= 0.6 is 0 Å². The van der Waals surface area contributed by atoms with Crippen molar-refractivity contribution in [2.45, 2.75) is 64.1 Å². The zero-order valence-electron chi connectivity index (χ0n) is 22.3. The fourth-order valence-electron chi connectivity index (χ4n) is 4.45. The number of nitrogens with zero attached hydrogens (tertiary/aromatic N) is 1. The zero-order chi connectivity index (χ0) is 28.2. The fraction of sp³-hybridized carbons (Fsp3) is 0.500. The van der Waals surface area contributed by atoms with Gasteiger partial charge in [-0.25, -0.2) is 4.39 Å². The van der Waals surface area contributed by atoms with Crippen LogP contribution in [0.3, 0.4) is 0 Å². The van der Waals surface area contributed by atoms with Crippen molar-refractivity contribution < 1.29 is 32.6 Å². The van der Waals surface area contributed by atoms with Gasteiger partial charge in [0.15, 0.2) is 11.6 Å². The van der Waals surface area contributed by atoms with Crippen LogP contribution in [0.5, 0.6) is 5.75 Å². The molecule has 0 spiro atoms. The van der Waals surface area contributed by atoms with E-state index in [4.69, 9.17) is 4.74 Å². The first kappa shape index (κ1) is 29.9. The molecule has 2 fully saturated rings. The van der Waals surface area contributed by atoms with Crippen molar-refractivity contribution in [3.63, 3.8) is 0 Å². The number of ether oxygens (including phenoxy) is 2. The van der Waals surface area contributed by atoms with Gasteiger partial charge in [-0.2, -0.15) is 4.39 Å². The molecule has 11 heteroatoms. The first-order valence-corrected chi connectivity index (χ1v) is 13.2. The number of amides is 3. The maximum atomic E-state index is 12.5. The third-order valence-corrected chi connectivity index (χ3v) is 6.61. The number of carbonyl (C=O) groups excluding carboxylic acids is 3. The second kappa shape index (κ2) is 15.1. The van der Waals surface area contributed by atoms with Crippen LogP contribution < -0.4 is 20.7 Å². The maximum absolute atomic E-state index is 12.5. The normalized spacial score (nSPS) is 18.9. The van der Waals surface area contributed by atoms with E-state index in [0.717, 1.165) is 38.2 Å². The maximum Gasteiger partial charge on any atom is 0.270 e. The Morgan fingerprint density at radius 1 is 1.00 bits per heavy atom. The Morgan fingerprint density at radius 2 is 1.74 bits per heavy atom.